The number of rotatable bonds is 6. The van der Waals surface area contributed by atoms with Gasteiger partial charge in [0.05, 0.1) is 0 Å². The summed E-state index contributed by atoms with van der Waals surface area (Å²) in [6.07, 6.45) is 0. The number of fused-ring (bicyclic) bond motifs is 1. The Kier molecular flexibility index (Phi) is 5.34. The van der Waals surface area contributed by atoms with E-state index in [1.807, 2.05) is 37.3 Å². The number of ether oxygens (including phenoxy) is 2. The summed E-state index contributed by atoms with van der Waals surface area (Å²) in [7, 11) is 0. The van der Waals surface area contributed by atoms with Crippen LogP contribution in [0.4, 0.5) is 0 Å². The Morgan fingerprint density at radius 2 is 1.83 bits per heavy atom. The zero-order chi connectivity index (χ0) is 21.1. The second-order valence-corrected chi connectivity index (χ2v) is 6.74. The van der Waals surface area contributed by atoms with Gasteiger partial charge in [-0.2, -0.15) is 0 Å². The van der Waals surface area contributed by atoms with Crippen molar-refractivity contribution in [2.45, 2.75) is 20.5 Å². The van der Waals surface area contributed by atoms with Gasteiger partial charge in [0.2, 0.25) is 5.89 Å². The normalized spacial score (nSPS) is 10.9. The van der Waals surface area contributed by atoms with Gasteiger partial charge >= 0.3 is 11.6 Å². The Labute approximate surface area is 171 Å². The van der Waals surface area contributed by atoms with Crippen molar-refractivity contribution in [3.8, 4) is 17.2 Å². The van der Waals surface area contributed by atoms with Crippen molar-refractivity contribution in [1.29, 1.82) is 0 Å². The van der Waals surface area contributed by atoms with E-state index in [2.05, 4.69) is 4.98 Å². The molecule has 0 bridgehead atoms. The molecule has 0 radical (unpaired) electrons. The van der Waals surface area contributed by atoms with Crippen molar-refractivity contribution < 1.29 is 23.1 Å². The number of hydrogen-bond acceptors (Lipinski definition) is 7. The first-order valence-electron chi connectivity index (χ1n) is 9.34. The lowest BCUT2D eigenvalue weighted by Crippen LogP contribution is -2.15. The van der Waals surface area contributed by atoms with Crippen molar-refractivity contribution in [2.75, 3.05) is 6.61 Å². The van der Waals surface area contributed by atoms with Gasteiger partial charge in [-0.05, 0) is 43.7 Å². The lowest BCUT2D eigenvalue weighted by molar-refractivity contribution is -0.147. The first kappa shape index (κ1) is 19.4. The van der Waals surface area contributed by atoms with Gasteiger partial charge in [-0.25, -0.2) is 14.6 Å². The molecule has 0 aliphatic heterocycles. The first-order chi connectivity index (χ1) is 14.5. The van der Waals surface area contributed by atoms with Crippen LogP contribution in [0.5, 0.6) is 5.75 Å². The van der Waals surface area contributed by atoms with E-state index in [9.17, 15) is 9.59 Å². The van der Waals surface area contributed by atoms with Gasteiger partial charge in [-0.15, -0.1) is 0 Å². The Morgan fingerprint density at radius 3 is 2.63 bits per heavy atom. The Bertz CT molecular complexity index is 1260. The average molecular weight is 405 g/mol. The number of aromatic nitrogens is 1. The van der Waals surface area contributed by atoms with Crippen molar-refractivity contribution in [1.82, 2.24) is 4.98 Å². The van der Waals surface area contributed by atoms with E-state index in [1.54, 1.807) is 25.1 Å². The van der Waals surface area contributed by atoms with Gasteiger partial charge in [0, 0.05) is 23.1 Å². The zero-order valence-corrected chi connectivity index (χ0v) is 16.5. The molecule has 152 valence electrons. The standard InChI is InChI=1S/C23H19NO6/c1-14-10-21(25)30-20-11-17(8-9-18(14)20)27-13-22(26)28-12-19-15(2)29-23(24-19)16-6-4-3-5-7-16/h3-11H,12-13H2,1-2H3. The third kappa shape index (κ3) is 4.25. The Balaban J connectivity index is 1.36. The molecule has 0 fully saturated rings. The van der Waals surface area contributed by atoms with Crippen molar-refractivity contribution >= 4 is 16.9 Å². The highest BCUT2D eigenvalue weighted by molar-refractivity contribution is 5.81. The van der Waals surface area contributed by atoms with E-state index in [4.69, 9.17) is 18.3 Å². The largest absolute Gasteiger partial charge is 0.482 e. The second-order valence-electron chi connectivity index (χ2n) is 6.74. The van der Waals surface area contributed by atoms with Crippen LogP contribution >= 0.6 is 0 Å². The van der Waals surface area contributed by atoms with Crippen molar-refractivity contribution in [3.63, 3.8) is 0 Å². The summed E-state index contributed by atoms with van der Waals surface area (Å²) in [6, 6.07) is 16.0. The molecule has 7 nitrogen and oxygen atoms in total. The summed E-state index contributed by atoms with van der Waals surface area (Å²) in [4.78, 5) is 28.0. The molecule has 0 N–H and O–H groups in total. The molecule has 2 aromatic carbocycles. The van der Waals surface area contributed by atoms with Gasteiger partial charge < -0.3 is 18.3 Å². The zero-order valence-electron chi connectivity index (χ0n) is 16.5. The molecule has 0 aliphatic rings. The van der Waals surface area contributed by atoms with Crippen LogP contribution in [0.25, 0.3) is 22.4 Å². The molecular formula is C23H19NO6. The Hall–Kier alpha value is -3.87. The van der Waals surface area contributed by atoms with E-state index in [0.717, 1.165) is 16.5 Å². The van der Waals surface area contributed by atoms with Crippen LogP contribution in [-0.4, -0.2) is 17.6 Å². The molecule has 0 spiro atoms. The van der Waals surface area contributed by atoms with Crippen LogP contribution in [0.1, 0.15) is 17.0 Å². The van der Waals surface area contributed by atoms with E-state index >= 15 is 0 Å². The maximum Gasteiger partial charge on any atom is 0.344 e. The molecule has 4 rings (SSSR count). The molecule has 2 aromatic heterocycles. The van der Waals surface area contributed by atoms with Gasteiger partial charge in [0.25, 0.3) is 0 Å². The van der Waals surface area contributed by atoms with Gasteiger partial charge in [0.15, 0.2) is 6.61 Å². The third-order valence-corrected chi connectivity index (χ3v) is 4.56. The summed E-state index contributed by atoms with van der Waals surface area (Å²) in [5.41, 5.74) is 2.17. The van der Waals surface area contributed by atoms with Gasteiger partial charge in [-0.1, -0.05) is 18.2 Å². The van der Waals surface area contributed by atoms with Crippen LogP contribution in [-0.2, 0) is 16.1 Å². The predicted molar refractivity (Wildman–Crippen MR) is 109 cm³/mol. The number of benzene rings is 2. The fourth-order valence-corrected chi connectivity index (χ4v) is 2.99. The van der Waals surface area contributed by atoms with Crippen LogP contribution in [0, 0.1) is 13.8 Å². The molecule has 4 aromatic rings. The summed E-state index contributed by atoms with van der Waals surface area (Å²) in [5, 5.41) is 0.806. The third-order valence-electron chi connectivity index (χ3n) is 4.56. The minimum atomic E-state index is -0.551. The highest BCUT2D eigenvalue weighted by Gasteiger charge is 2.14. The molecule has 0 atom stereocenters. The predicted octanol–water partition coefficient (Wildman–Crippen LogP) is 4.19. The average Bonchev–Trinajstić information content (AvgIpc) is 3.11. The molecule has 0 amide bonds. The monoisotopic (exact) mass is 405 g/mol. The number of carbonyl (C=O) groups is 1. The van der Waals surface area contributed by atoms with E-state index < -0.39 is 11.6 Å². The molecular weight excluding hydrogens is 386 g/mol. The van der Waals surface area contributed by atoms with Crippen molar-refractivity contribution in [2.24, 2.45) is 0 Å². The quantitative estimate of drug-likeness (QED) is 0.351. The van der Waals surface area contributed by atoms with E-state index in [0.29, 0.717) is 28.7 Å². The molecule has 7 heteroatoms. The number of nitrogens with zero attached hydrogens (tertiary/aromatic N) is 1. The summed E-state index contributed by atoms with van der Waals surface area (Å²) < 4.78 is 21.5. The van der Waals surface area contributed by atoms with E-state index in [-0.39, 0.29) is 13.2 Å². The van der Waals surface area contributed by atoms with E-state index in [1.165, 1.54) is 6.07 Å². The summed E-state index contributed by atoms with van der Waals surface area (Å²) >= 11 is 0. The molecule has 30 heavy (non-hydrogen) atoms. The first-order valence-corrected chi connectivity index (χ1v) is 9.34. The highest BCUT2D eigenvalue weighted by Crippen LogP contribution is 2.23. The summed E-state index contributed by atoms with van der Waals surface area (Å²) in [6.45, 7) is 3.29. The van der Waals surface area contributed by atoms with Crippen LogP contribution < -0.4 is 10.4 Å². The molecule has 0 saturated carbocycles. The fraction of sp³-hybridized carbons (Fsp3) is 0.174. The number of carbonyl (C=O) groups excluding carboxylic acids is 1. The van der Waals surface area contributed by atoms with Gasteiger partial charge in [-0.3, -0.25) is 0 Å². The fourth-order valence-electron chi connectivity index (χ4n) is 2.99. The van der Waals surface area contributed by atoms with Crippen LogP contribution in [0.3, 0.4) is 0 Å². The Morgan fingerprint density at radius 1 is 1.03 bits per heavy atom. The molecule has 0 aliphatic carbocycles. The van der Waals surface area contributed by atoms with Crippen LogP contribution in [0.2, 0.25) is 0 Å². The number of oxazole rings is 1. The minimum absolute atomic E-state index is 0.0177. The molecule has 0 saturated heterocycles. The van der Waals surface area contributed by atoms with Gasteiger partial charge in [0.1, 0.15) is 29.4 Å². The lowest BCUT2D eigenvalue weighted by Gasteiger charge is -2.07. The van der Waals surface area contributed by atoms with Crippen LogP contribution in [0.15, 0.2) is 68.2 Å². The maximum absolute atomic E-state index is 12.1. The second kappa shape index (κ2) is 8.24. The number of hydrogen-bond donors (Lipinski definition) is 0. The van der Waals surface area contributed by atoms with Crippen molar-refractivity contribution in [3.05, 3.63) is 82.0 Å². The lowest BCUT2D eigenvalue weighted by atomic mass is 10.1. The number of esters is 1. The topological polar surface area (TPSA) is 91.8 Å². The highest BCUT2D eigenvalue weighted by atomic mass is 16.6. The SMILES string of the molecule is Cc1oc(-c2ccccc2)nc1COC(=O)COc1ccc2c(C)cc(=O)oc2c1. The minimum Gasteiger partial charge on any atom is -0.482 e. The molecule has 2 heterocycles. The number of aryl methyl sites for hydroxylation is 2. The maximum atomic E-state index is 12.1. The summed E-state index contributed by atoms with van der Waals surface area (Å²) in [5.74, 6) is 0.910. The smallest absolute Gasteiger partial charge is 0.344 e. The molecule has 0 unspecified atom stereocenters.